The van der Waals surface area contributed by atoms with Gasteiger partial charge in [0.1, 0.15) is 5.60 Å². The first-order valence-corrected chi connectivity index (χ1v) is 10.8. The van der Waals surface area contributed by atoms with Gasteiger partial charge in [-0.3, -0.25) is 0 Å². The maximum Gasteiger partial charge on any atom is 0.407 e. The molecule has 2 N–H and O–H groups in total. The number of urea groups is 1. The molecular formula is C21H35N3O3. The number of hydrogen-bond donors (Lipinski definition) is 2. The highest BCUT2D eigenvalue weighted by Crippen LogP contribution is 2.53. The van der Waals surface area contributed by atoms with E-state index in [0.717, 1.165) is 31.2 Å². The molecule has 4 bridgehead atoms. The zero-order valence-electron chi connectivity index (χ0n) is 17.0. The fourth-order valence-electron chi connectivity index (χ4n) is 6.15. The second-order valence-corrected chi connectivity index (χ2v) is 10.3. The van der Waals surface area contributed by atoms with Gasteiger partial charge >= 0.3 is 12.1 Å². The molecule has 6 heteroatoms. The SMILES string of the molecule is CC(C)(C)OC(=O)N[C@@H]1CCCN(C(=O)NC2C3CC4CC(C3)CC2C4)C1. The first-order chi connectivity index (χ1) is 12.8. The molecular weight excluding hydrogens is 342 g/mol. The van der Waals surface area contributed by atoms with Crippen LogP contribution in [0.2, 0.25) is 0 Å². The number of alkyl carbamates (subject to hydrolysis) is 1. The minimum absolute atomic E-state index is 0.0298. The first kappa shape index (κ1) is 18.9. The van der Waals surface area contributed by atoms with Crippen LogP contribution in [0.3, 0.4) is 0 Å². The summed E-state index contributed by atoms with van der Waals surface area (Å²) in [6, 6.07) is 0.394. The summed E-state index contributed by atoms with van der Waals surface area (Å²) in [6.07, 6.45) is 8.06. The van der Waals surface area contributed by atoms with Crippen LogP contribution in [0.15, 0.2) is 0 Å². The molecule has 0 aromatic heterocycles. The second kappa shape index (κ2) is 7.17. The number of nitrogens with one attached hydrogen (secondary N) is 2. The van der Waals surface area contributed by atoms with E-state index in [2.05, 4.69) is 10.6 Å². The summed E-state index contributed by atoms with van der Waals surface area (Å²) in [6.45, 7) is 6.92. The minimum atomic E-state index is -0.505. The average molecular weight is 378 g/mol. The summed E-state index contributed by atoms with van der Waals surface area (Å²) in [7, 11) is 0. The quantitative estimate of drug-likeness (QED) is 0.774. The summed E-state index contributed by atoms with van der Waals surface area (Å²) in [4.78, 5) is 26.8. The van der Waals surface area contributed by atoms with E-state index in [4.69, 9.17) is 4.74 Å². The van der Waals surface area contributed by atoms with Crippen molar-refractivity contribution in [3.05, 3.63) is 0 Å². The third kappa shape index (κ3) is 4.35. The molecule has 0 radical (unpaired) electrons. The summed E-state index contributed by atoms with van der Waals surface area (Å²) >= 11 is 0. The van der Waals surface area contributed by atoms with Gasteiger partial charge in [0.2, 0.25) is 0 Å². The molecule has 0 unspecified atom stereocenters. The minimum Gasteiger partial charge on any atom is -0.444 e. The van der Waals surface area contributed by atoms with E-state index in [-0.39, 0.29) is 12.1 Å². The van der Waals surface area contributed by atoms with Gasteiger partial charge in [0, 0.05) is 25.2 Å². The number of carbonyl (C=O) groups is 2. The van der Waals surface area contributed by atoms with E-state index < -0.39 is 11.7 Å². The van der Waals surface area contributed by atoms with E-state index in [1.807, 2.05) is 25.7 Å². The van der Waals surface area contributed by atoms with Crippen molar-refractivity contribution in [3.8, 4) is 0 Å². The molecule has 5 aliphatic rings. The Morgan fingerprint density at radius 2 is 1.59 bits per heavy atom. The average Bonchev–Trinajstić information content (AvgIpc) is 2.55. The first-order valence-electron chi connectivity index (χ1n) is 10.8. The molecule has 4 aliphatic carbocycles. The molecule has 0 aromatic rings. The van der Waals surface area contributed by atoms with Gasteiger partial charge in [0.15, 0.2) is 0 Å². The van der Waals surface area contributed by atoms with Crippen molar-refractivity contribution >= 4 is 12.1 Å². The van der Waals surface area contributed by atoms with Crippen LogP contribution < -0.4 is 10.6 Å². The number of rotatable bonds is 2. The van der Waals surface area contributed by atoms with E-state index in [9.17, 15) is 9.59 Å². The van der Waals surface area contributed by atoms with E-state index in [1.54, 1.807) is 0 Å². The molecule has 27 heavy (non-hydrogen) atoms. The summed E-state index contributed by atoms with van der Waals surface area (Å²) in [5.41, 5.74) is -0.505. The summed E-state index contributed by atoms with van der Waals surface area (Å²) in [5, 5.41) is 6.32. The van der Waals surface area contributed by atoms with Gasteiger partial charge in [-0.05, 0) is 89.4 Å². The van der Waals surface area contributed by atoms with Gasteiger partial charge in [-0.15, -0.1) is 0 Å². The molecule has 5 fully saturated rings. The molecule has 6 nitrogen and oxygen atoms in total. The molecule has 3 amide bonds. The van der Waals surface area contributed by atoms with Crippen LogP contribution in [-0.4, -0.2) is 47.8 Å². The summed E-state index contributed by atoms with van der Waals surface area (Å²) in [5.74, 6) is 3.20. The molecule has 0 spiro atoms. The van der Waals surface area contributed by atoms with Gasteiger partial charge in [-0.1, -0.05) is 0 Å². The Morgan fingerprint density at radius 3 is 2.19 bits per heavy atom. The molecule has 5 rings (SSSR count). The lowest BCUT2D eigenvalue weighted by Gasteiger charge is -2.54. The Balaban J connectivity index is 1.29. The Kier molecular flexibility index (Phi) is 5.02. The number of hydrogen-bond acceptors (Lipinski definition) is 3. The van der Waals surface area contributed by atoms with Crippen molar-refractivity contribution in [2.24, 2.45) is 23.7 Å². The lowest BCUT2D eigenvalue weighted by molar-refractivity contribution is -0.0114. The predicted molar refractivity (Wildman–Crippen MR) is 103 cm³/mol. The highest BCUT2D eigenvalue weighted by Gasteiger charge is 2.49. The summed E-state index contributed by atoms with van der Waals surface area (Å²) < 4.78 is 5.35. The molecule has 4 saturated carbocycles. The second-order valence-electron chi connectivity index (χ2n) is 10.3. The largest absolute Gasteiger partial charge is 0.444 e. The van der Waals surface area contributed by atoms with Crippen LogP contribution in [0.5, 0.6) is 0 Å². The normalized spacial score (nSPS) is 37.8. The van der Waals surface area contributed by atoms with Crippen molar-refractivity contribution in [3.63, 3.8) is 0 Å². The standard InChI is InChI=1S/C21H35N3O3/c1-21(2,3)27-20(26)22-17-5-4-6-24(12-17)19(25)23-18-15-8-13-7-14(10-15)11-16(18)9-13/h13-18H,4-12H2,1-3H3,(H,22,26)(H,23,25)/t13?,14?,15?,16?,17-,18?/m1/s1. The fourth-order valence-corrected chi connectivity index (χ4v) is 6.15. The number of carbonyl (C=O) groups excluding carboxylic acids is 2. The molecule has 1 atom stereocenters. The van der Waals surface area contributed by atoms with E-state index in [0.29, 0.717) is 24.4 Å². The zero-order chi connectivity index (χ0) is 19.2. The predicted octanol–water partition coefficient (Wildman–Crippen LogP) is 3.51. The van der Waals surface area contributed by atoms with Crippen molar-refractivity contribution in [2.75, 3.05) is 13.1 Å². The topological polar surface area (TPSA) is 70.7 Å². The lowest BCUT2D eigenvalue weighted by atomic mass is 9.54. The van der Waals surface area contributed by atoms with Gasteiger partial charge < -0.3 is 20.3 Å². The van der Waals surface area contributed by atoms with Crippen molar-refractivity contribution in [1.29, 1.82) is 0 Å². The number of piperidine rings is 1. The molecule has 152 valence electrons. The number of likely N-dealkylation sites (tertiary alicyclic amines) is 1. The third-order valence-electron chi connectivity index (χ3n) is 6.95. The van der Waals surface area contributed by atoms with Crippen molar-refractivity contribution in [2.45, 2.75) is 83.4 Å². The number of ether oxygens (including phenoxy) is 1. The van der Waals surface area contributed by atoms with Crippen LogP contribution in [0.4, 0.5) is 9.59 Å². The maximum absolute atomic E-state index is 12.9. The lowest BCUT2D eigenvalue weighted by Crippen LogP contribution is -2.60. The van der Waals surface area contributed by atoms with Gasteiger partial charge in [-0.2, -0.15) is 0 Å². The smallest absolute Gasteiger partial charge is 0.407 e. The van der Waals surface area contributed by atoms with Crippen LogP contribution in [-0.2, 0) is 4.74 Å². The molecule has 1 heterocycles. The van der Waals surface area contributed by atoms with Crippen LogP contribution in [0.1, 0.15) is 65.7 Å². The number of amides is 3. The van der Waals surface area contributed by atoms with Crippen LogP contribution in [0, 0.1) is 23.7 Å². The monoisotopic (exact) mass is 377 g/mol. The third-order valence-corrected chi connectivity index (χ3v) is 6.95. The van der Waals surface area contributed by atoms with Crippen LogP contribution >= 0.6 is 0 Å². The highest BCUT2D eigenvalue weighted by molar-refractivity contribution is 5.75. The van der Waals surface area contributed by atoms with E-state index in [1.165, 1.54) is 32.1 Å². The Morgan fingerprint density at radius 1 is 0.963 bits per heavy atom. The van der Waals surface area contributed by atoms with Gasteiger partial charge in [0.05, 0.1) is 0 Å². The Labute approximate surface area is 162 Å². The van der Waals surface area contributed by atoms with Crippen molar-refractivity contribution in [1.82, 2.24) is 15.5 Å². The van der Waals surface area contributed by atoms with Gasteiger partial charge in [0.25, 0.3) is 0 Å². The fraction of sp³-hybridized carbons (Fsp3) is 0.905. The van der Waals surface area contributed by atoms with Crippen LogP contribution in [0.25, 0.3) is 0 Å². The zero-order valence-corrected chi connectivity index (χ0v) is 17.0. The Hall–Kier alpha value is -1.46. The Bertz CT molecular complexity index is 558. The molecule has 0 aromatic carbocycles. The molecule has 1 saturated heterocycles. The van der Waals surface area contributed by atoms with Crippen molar-refractivity contribution < 1.29 is 14.3 Å². The van der Waals surface area contributed by atoms with Gasteiger partial charge in [-0.25, -0.2) is 9.59 Å². The number of nitrogens with zero attached hydrogens (tertiary/aromatic N) is 1. The molecule has 1 aliphatic heterocycles. The highest BCUT2D eigenvalue weighted by atomic mass is 16.6. The van der Waals surface area contributed by atoms with E-state index >= 15 is 0 Å². The maximum atomic E-state index is 12.9.